The van der Waals surface area contributed by atoms with Crippen molar-refractivity contribution in [2.24, 2.45) is 11.8 Å². The maximum absolute atomic E-state index is 12.6. The molecule has 27 heavy (non-hydrogen) atoms. The number of Topliss-reactive ketones (excluding diaryl/α,β-unsaturated/α-hetero) is 3. The third kappa shape index (κ3) is 5.47. The van der Waals surface area contributed by atoms with Gasteiger partial charge in [0.1, 0.15) is 5.60 Å². The largest absolute Gasteiger partial charge is 0.380 e. The first-order valence-electron chi connectivity index (χ1n) is 10.7. The van der Waals surface area contributed by atoms with Crippen molar-refractivity contribution in [2.45, 2.75) is 89.6 Å². The summed E-state index contributed by atoms with van der Waals surface area (Å²) in [6, 6.07) is 0. The van der Waals surface area contributed by atoms with Gasteiger partial charge in [-0.2, -0.15) is 0 Å². The molecule has 2 unspecified atom stereocenters. The number of rotatable bonds is 11. The topological polar surface area (TPSA) is 71.4 Å². The fraction of sp³-hybridized carbons (Fsp3) is 0.696. The Morgan fingerprint density at radius 3 is 2.07 bits per heavy atom. The predicted octanol–water partition coefficient (Wildman–Crippen LogP) is 4.50. The first-order chi connectivity index (χ1) is 13.0. The van der Waals surface area contributed by atoms with Gasteiger partial charge in [0, 0.05) is 5.92 Å². The van der Waals surface area contributed by atoms with Crippen molar-refractivity contribution >= 4 is 17.3 Å². The van der Waals surface area contributed by atoms with Gasteiger partial charge in [0.2, 0.25) is 11.6 Å². The number of hydrogen-bond donors (Lipinski definition) is 1. The Bertz CT molecular complexity index is 577. The zero-order valence-electron chi connectivity index (χ0n) is 16.6. The van der Waals surface area contributed by atoms with Crippen LogP contribution >= 0.6 is 0 Å². The van der Waals surface area contributed by atoms with Gasteiger partial charge in [-0.3, -0.25) is 14.4 Å². The molecule has 1 saturated carbocycles. The van der Waals surface area contributed by atoms with Gasteiger partial charge in [0.05, 0.1) is 12.3 Å². The molecule has 4 heteroatoms. The molecule has 1 fully saturated rings. The highest BCUT2D eigenvalue weighted by atomic mass is 16.3. The van der Waals surface area contributed by atoms with Crippen LogP contribution in [0.15, 0.2) is 24.3 Å². The summed E-state index contributed by atoms with van der Waals surface area (Å²) in [5.41, 5.74) is -1.77. The van der Waals surface area contributed by atoms with E-state index >= 15 is 0 Å². The number of aliphatic hydroxyl groups is 1. The summed E-state index contributed by atoms with van der Waals surface area (Å²) in [6.45, 7) is 2.21. The molecule has 0 aliphatic heterocycles. The van der Waals surface area contributed by atoms with Crippen LogP contribution < -0.4 is 0 Å². The molecule has 2 rings (SSSR count). The predicted molar refractivity (Wildman–Crippen MR) is 106 cm³/mol. The van der Waals surface area contributed by atoms with Crippen molar-refractivity contribution in [1.29, 1.82) is 0 Å². The van der Waals surface area contributed by atoms with Crippen LogP contribution in [0.2, 0.25) is 0 Å². The number of carbonyl (C=O) groups is 3. The molecule has 2 atom stereocenters. The SMILES string of the molecule is CCCCCCCCCCCC1C(=O)C(=O)CC(=O)C1(O)C1C=CCC=C1. The first-order valence-corrected chi connectivity index (χ1v) is 10.7. The van der Waals surface area contributed by atoms with Crippen LogP contribution in [-0.2, 0) is 14.4 Å². The standard InChI is InChI=1S/C23H34O4/c1-2-3-4-5-6-7-8-9-13-16-19-22(26)20(24)17-21(25)23(19,27)18-14-11-10-12-15-18/h11-12,14-15,18-19,27H,2-10,13,16-17H2,1H3. The van der Waals surface area contributed by atoms with E-state index < -0.39 is 41.2 Å². The molecule has 0 bridgehead atoms. The van der Waals surface area contributed by atoms with Crippen LogP contribution in [0.25, 0.3) is 0 Å². The summed E-state index contributed by atoms with van der Waals surface area (Å²) in [5, 5.41) is 11.2. The van der Waals surface area contributed by atoms with Crippen molar-refractivity contribution in [3.63, 3.8) is 0 Å². The molecule has 0 spiro atoms. The molecule has 150 valence electrons. The Morgan fingerprint density at radius 2 is 1.48 bits per heavy atom. The Morgan fingerprint density at radius 1 is 0.926 bits per heavy atom. The average molecular weight is 375 g/mol. The lowest BCUT2D eigenvalue weighted by Crippen LogP contribution is -2.59. The van der Waals surface area contributed by atoms with Crippen molar-refractivity contribution in [3.8, 4) is 0 Å². The molecule has 0 aromatic heterocycles. The minimum absolute atomic E-state index is 0.404. The molecule has 0 aromatic carbocycles. The van der Waals surface area contributed by atoms with E-state index in [1.54, 1.807) is 12.2 Å². The van der Waals surface area contributed by atoms with Crippen LogP contribution in [0, 0.1) is 11.8 Å². The molecule has 0 radical (unpaired) electrons. The van der Waals surface area contributed by atoms with E-state index in [0.29, 0.717) is 6.42 Å². The second-order valence-electron chi connectivity index (χ2n) is 8.00. The zero-order valence-corrected chi connectivity index (χ0v) is 16.6. The summed E-state index contributed by atoms with van der Waals surface area (Å²) in [5.74, 6) is -3.14. The van der Waals surface area contributed by atoms with Crippen LogP contribution in [0.1, 0.15) is 84.0 Å². The van der Waals surface area contributed by atoms with Crippen molar-refractivity contribution in [3.05, 3.63) is 24.3 Å². The molecule has 2 aliphatic carbocycles. The van der Waals surface area contributed by atoms with Crippen molar-refractivity contribution in [2.75, 3.05) is 0 Å². The van der Waals surface area contributed by atoms with E-state index in [0.717, 1.165) is 25.7 Å². The van der Waals surface area contributed by atoms with E-state index in [1.165, 1.54) is 38.5 Å². The Kier molecular flexibility index (Phi) is 8.62. The van der Waals surface area contributed by atoms with Gasteiger partial charge in [-0.05, 0) is 12.8 Å². The van der Waals surface area contributed by atoms with Gasteiger partial charge in [-0.15, -0.1) is 0 Å². The minimum atomic E-state index is -1.77. The van der Waals surface area contributed by atoms with Gasteiger partial charge >= 0.3 is 0 Å². The van der Waals surface area contributed by atoms with Gasteiger partial charge in [-0.1, -0.05) is 89.0 Å². The fourth-order valence-corrected chi connectivity index (χ4v) is 4.28. The summed E-state index contributed by atoms with van der Waals surface area (Å²) >= 11 is 0. The smallest absolute Gasteiger partial charge is 0.206 e. The van der Waals surface area contributed by atoms with Crippen molar-refractivity contribution < 1.29 is 19.5 Å². The van der Waals surface area contributed by atoms with E-state index in [9.17, 15) is 19.5 Å². The molecule has 1 N–H and O–H groups in total. The molecule has 0 saturated heterocycles. The lowest BCUT2D eigenvalue weighted by atomic mass is 9.64. The molecular formula is C23H34O4. The van der Waals surface area contributed by atoms with Crippen LogP contribution in [0.4, 0.5) is 0 Å². The molecule has 0 heterocycles. The van der Waals surface area contributed by atoms with Gasteiger partial charge in [-0.25, -0.2) is 0 Å². The summed E-state index contributed by atoms with van der Waals surface area (Å²) in [7, 11) is 0. The van der Waals surface area contributed by atoms with Crippen LogP contribution in [0.3, 0.4) is 0 Å². The molecule has 0 amide bonds. The monoisotopic (exact) mass is 374 g/mol. The first kappa shape index (κ1) is 21.7. The Hall–Kier alpha value is -1.55. The fourth-order valence-electron chi connectivity index (χ4n) is 4.28. The Balaban J connectivity index is 1.88. The third-order valence-electron chi connectivity index (χ3n) is 5.95. The summed E-state index contributed by atoms with van der Waals surface area (Å²) < 4.78 is 0. The zero-order chi connectivity index (χ0) is 19.7. The highest BCUT2D eigenvalue weighted by Gasteiger charge is 2.56. The summed E-state index contributed by atoms with van der Waals surface area (Å²) in [4.78, 5) is 37.0. The number of hydrogen-bond acceptors (Lipinski definition) is 4. The van der Waals surface area contributed by atoms with Crippen LogP contribution in [0.5, 0.6) is 0 Å². The normalized spacial score (nSPS) is 26.1. The molecule has 0 aromatic rings. The maximum Gasteiger partial charge on any atom is 0.206 e. The lowest BCUT2D eigenvalue weighted by Gasteiger charge is -2.41. The quantitative estimate of drug-likeness (QED) is 0.250. The second-order valence-corrected chi connectivity index (χ2v) is 8.00. The van der Waals surface area contributed by atoms with Crippen LogP contribution in [-0.4, -0.2) is 28.1 Å². The highest BCUT2D eigenvalue weighted by molar-refractivity contribution is 6.44. The van der Waals surface area contributed by atoms with Gasteiger partial charge < -0.3 is 5.11 Å². The number of unbranched alkanes of at least 4 members (excludes halogenated alkanes) is 8. The Labute approximate surface area is 163 Å². The van der Waals surface area contributed by atoms with E-state index in [4.69, 9.17) is 0 Å². The summed E-state index contributed by atoms with van der Waals surface area (Å²) in [6.07, 6.45) is 18.4. The van der Waals surface area contributed by atoms with E-state index in [2.05, 4.69) is 6.92 Å². The number of allylic oxidation sites excluding steroid dienone is 2. The van der Waals surface area contributed by atoms with Gasteiger partial charge in [0.25, 0.3) is 0 Å². The lowest BCUT2D eigenvalue weighted by molar-refractivity contribution is -0.165. The number of ketones is 3. The second kappa shape index (κ2) is 10.7. The van der Waals surface area contributed by atoms with Crippen molar-refractivity contribution in [1.82, 2.24) is 0 Å². The number of carbonyl (C=O) groups excluding carboxylic acids is 3. The maximum atomic E-state index is 12.6. The average Bonchev–Trinajstić information content (AvgIpc) is 2.68. The third-order valence-corrected chi connectivity index (χ3v) is 5.95. The molecule has 4 nitrogen and oxygen atoms in total. The van der Waals surface area contributed by atoms with Gasteiger partial charge in [0.15, 0.2) is 5.78 Å². The molecular weight excluding hydrogens is 340 g/mol. The minimum Gasteiger partial charge on any atom is -0.380 e. The van der Waals surface area contributed by atoms with E-state index in [-0.39, 0.29) is 0 Å². The molecule has 2 aliphatic rings. The highest BCUT2D eigenvalue weighted by Crippen LogP contribution is 2.39. The van der Waals surface area contributed by atoms with E-state index in [1.807, 2.05) is 12.2 Å².